The molecule has 0 radical (unpaired) electrons. The standard InChI is InChI=1S/C13H21ClN2/c1-4-6-7-8-13(3,5-2)11-9-15-10-12(14)16-11/h9-10H,4-8H2,1-3H3. The number of nitrogens with zero attached hydrogens (tertiary/aromatic N) is 2. The predicted molar refractivity (Wildman–Crippen MR) is 68.8 cm³/mol. The first kappa shape index (κ1) is 13.4. The molecule has 0 amide bonds. The van der Waals surface area contributed by atoms with Crippen molar-refractivity contribution in [1.82, 2.24) is 9.97 Å². The number of hydrogen-bond donors (Lipinski definition) is 0. The molecule has 0 spiro atoms. The maximum absolute atomic E-state index is 5.90. The zero-order chi connectivity index (χ0) is 12.0. The first-order valence-corrected chi connectivity index (χ1v) is 6.48. The summed E-state index contributed by atoms with van der Waals surface area (Å²) >= 11 is 5.90. The lowest BCUT2D eigenvalue weighted by Crippen LogP contribution is -2.22. The number of rotatable bonds is 6. The molecule has 0 aliphatic heterocycles. The Morgan fingerprint density at radius 2 is 2.00 bits per heavy atom. The molecule has 1 rings (SSSR count). The highest BCUT2D eigenvalue weighted by Gasteiger charge is 2.26. The van der Waals surface area contributed by atoms with Crippen LogP contribution in [-0.4, -0.2) is 9.97 Å². The molecule has 1 heterocycles. The van der Waals surface area contributed by atoms with Crippen molar-refractivity contribution >= 4 is 11.6 Å². The Morgan fingerprint density at radius 3 is 2.56 bits per heavy atom. The van der Waals surface area contributed by atoms with Crippen LogP contribution in [0.5, 0.6) is 0 Å². The molecule has 2 nitrogen and oxygen atoms in total. The highest BCUT2D eigenvalue weighted by molar-refractivity contribution is 6.29. The van der Waals surface area contributed by atoms with Gasteiger partial charge in [0.25, 0.3) is 0 Å². The number of hydrogen-bond acceptors (Lipinski definition) is 2. The summed E-state index contributed by atoms with van der Waals surface area (Å²) in [6.07, 6.45) is 9.45. The third-order valence-electron chi connectivity index (χ3n) is 3.34. The maximum Gasteiger partial charge on any atom is 0.147 e. The van der Waals surface area contributed by atoms with E-state index in [2.05, 4.69) is 30.7 Å². The van der Waals surface area contributed by atoms with Crippen LogP contribution in [0.4, 0.5) is 0 Å². The van der Waals surface area contributed by atoms with Crippen LogP contribution in [-0.2, 0) is 5.41 Å². The minimum atomic E-state index is 0.118. The molecule has 90 valence electrons. The largest absolute Gasteiger partial charge is 0.260 e. The molecular formula is C13H21ClN2. The molecule has 0 aromatic carbocycles. The summed E-state index contributed by atoms with van der Waals surface area (Å²) < 4.78 is 0. The smallest absolute Gasteiger partial charge is 0.147 e. The van der Waals surface area contributed by atoms with E-state index in [1.165, 1.54) is 19.3 Å². The Balaban J connectivity index is 2.78. The van der Waals surface area contributed by atoms with Gasteiger partial charge in [0.2, 0.25) is 0 Å². The fraction of sp³-hybridized carbons (Fsp3) is 0.692. The second-order valence-electron chi connectivity index (χ2n) is 4.60. The molecule has 16 heavy (non-hydrogen) atoms. The minimum Gasteiger partial charge on any atom is -0.260 e. The second kappa shape index (κ2) is 6.19. The lowest BCUT2D eigenvalue weighted by Gasteiger charge is -2.27. The first-order chi connectivity index (χ1) is 7.62. The normalized spacial score (nSPS) is 14.8. The van der Waals surface area contributed by atoms with Crippen LogP contribution >= 0.6 is 11.6 Å². The summed E-state index contributed by atoms with van der Waals surface area (Å²) in [4.78, 5) is 8.53. The Morgan fingerprint density at radius 1 is 1.25 bits per heavy atom. The second-order valence-corrected chi connectivity index (χ2v) is 4.99. The van der Waals surface area contributed by atoms with Crippen molar-refractivity contribution in [2.24, 2.45) is 0 Å². The quantitative estimate of drug-likeness (QED) is 0.690. The van der Waals surface area contributed by atoms with E-state index in [4.69, 9.17) is 11.6 Å². The summed E-state index contributed by atoms with van der Waals surface area (Å²) in [5.74, 6) is 0. The summed E-state index contributed by atoms with van der Waals surface area (Å²) in [6.45, 7) is 6.68. The highest BCUT2D eigenvalue weighted by atomic mass is 35.5. The summed E-state index contributed by atoms with van der Waals surface area (Å²) in [7, 11) is 0. The molecule has 1 atom stereocenters. The third-order valence-corrected chi connectivity index (χ3v) is 3.52. The Labute approximate surface area is 103 Å². The van der Waals surface area contributed by atoms with Crippen LogP contribution < -0.4 is 0 Å². The summed E-state index contributed by atoms with van der Waals surface area (Å²) in [5, 5.41) is 0.493. The topological polar surface area (TPSA) is 25.8 Å². The van der Waals surface area contributed by atoms with E-state index in [-0.39, 0.29) is 5.41 Å². The molecule has 3 heteroatoms. The molecule has 0 aliphatic carbocycles. The summed E-state index contributed by atoms with van der Waals surface area (Å²) in [6, 6.07) is 0. The van der Waals surface area contributed by atoms with Gasteiger partial charge in [0.15, 0.2) is 0 Å². The van der Waals surface area contributed by atoms with Gasteiger partial charge in [-0.2, -0.15) is 0 Å². The summed E-state index contributed by atoms with van der Waals surface area (Å²) in [5.41, 5.74) is 1.14. The molecule has 1 aromatic heterocycles. The molecule has 0 N–H and O–H groups in total. The molecule has 0 fully saturated rings. The van der Waals surface area contributed by atoms with Crippen LogP contribution in [0.2, 0.25) is 5.15 Å². The minimum absolute atomic E-state index is 0.118. The van der Waals surface area contributed by atoms with Gasteiger partial charge in [-0.3, -0.25) is 4.98 Å². The SMILES string of the molecule is CCCCCC(C)(CC)c1cncc(Cl)n1. The van der Waals surface area contributed by atoms with Crippen LogP contribution in [0.25, 0.3) is 0 Å². The van der Waals surface area contributed by atoms with Crippen LogP contribution in [0.1, 0.15) is 58.6 Å². The zero-order valence-corrected chi connectivity index (χ0v) is 11.2. The van der Waals surface area contributed by atoms with Crippen molar-refractivity contribution in [1.29, 1.82) is 0 Å². The fourth-order valence-electron chi connectivity index (χ4n) is 1.88. The van der Waals surface area contributed by atoms with Crippen molar-refractivity contribution in [3.8, 4) is 0 Å². The van der Waals surface area contributed by atoms with E-state index in [9.17, 15) is 0 Å². The lowest BCUT2D eigenvalue weighted by molar-refractivity contribution is 0.386. The Hall–Kier alpha value is -0.630. The molecule has 0 saturated carbocycles. The van der Waals surface area contributed by atoms with E-state index in [1.807, 2.05) is 6.20 Å². The van der Waals surface area contributed by atoms with Crippen molar-refractivity contribution in [3.63, 3.8) is 0 Å². The van der Waals surface area contributed by atoms with Crippen LogP contribution in [0.3, 0.4) is 0 Å². The van der Waals surface area contributed by atoms with E-state index >= 15 is 0 Å². The third kappa shape index (κ3) is 3.44. The number of halogens is 1. The molecule has 1 unspecified atom stereocenters. The fourth-order valence-corrected chi connectivity index (χ4v) is 2.03. The predicted octanol–water partition coefficient (Wildman–Crippen LogP) is 4.38. The Kier molecular flexibility index (Phi) is 5.20. The van der Waals surface area contributed by atoms with Crippen molar-refractivity contribution < 1.29 is 0 Å². The van der Waals surface area contributed by atoms with E-state index in [0.717, 1.165) is 18.5 Å². The van der Waals surface area contributed by atoms with Gasteiger partial charge in [-0.25, -0.2) is 4.98 Å². The van der Waals surface area contributed by atoms with Gasteiger partial charge in [0.1, 0.15) is 5.15 Å². The average molecular weight is 241 g/mol. The van der Waals surface area contributed by atoms with E-state index in [0.29, 0.717) is 5.15 Å². The zero-order valence-electron chi connectivity index (χ0n) is 10.5. The van der Waals surface area contributed by atoms with Gasteiger partial charge >= 0.3 is 0 Å². The number of aromatic nitrogens is 2. The molecule has 0 bridgehead atoms. The monoisotopic (exact) mass is 240 g/mol. The maximum atomic E-state index is 5.90. The molecule has 1 aromatic rings. The Bertz CT molecular complexity index is 327. The van der Waals surface area contributed by atoms with Crippen LogP contribution in [0, 0.1) is 0 Å². The van der Waals surface area contributed by atoms with Gasteiger partial charge in [-0.05, 0) is 12.8 Å². The van der Waals surface area contributed by atoms with Crippen LogP contribution in [0.15, 0.2) is 12.4 Å². The molecule has 0 saturated heterocycles. The molecule has 0 aliphatic rings. The van der Waals surface area contributed by atoms with Crippen molar-refractivity contribution in [2.45, 2.75) is 58.3 Å². The van der Waals surface area contributed by atoms with E-state index < -0.39 is 0 Å². The van der Waals surface area contributed by atoms with Gasteiger partial charge in [-0.1, -0.05) is 51.6 Å². The average Bonchev–Trinajstić information content (AvgIpc) is 2.29. The highest BCUT2D eigenvalue weighted by Crippen LogP contribution is 2.31. The van der Waals surface area contributed by atoms with Crippen molar-refractivity contribution in [2.75, 3.05) is 0 Å². The van der Waals surface area contributed by atoms with Gasteiger partial charge in [0, 0.05) is 11.6 Å². The lowest BCUT2D eigenvalue weighted by atomic mass is 9.79. The first-order valence-electron chi connectivity index (χ1n) is 6.10. The van der Waals surface area contributed by atoms with Gasteiger partial charge < -0.3 is 0 Å². The van der Waals surface area contributed by atoms with Gasteiger partial charge in [0.05, 0.1) is 11.9 Å². The number of unbranched alkanes of at least 4 members (excludes halogenated alkanes) is 2. The van der Waals surface area contributed by atoms with Gasteiger partial charge in [-0.15, -0.1) is 0 Å². The van der Waals surface area contributed by atoms with E-state index in [1.54, 1.807) is 6.20 Å². The van der Waals surface area contributed by atoms with Crippen molar-refractivity contribution in [3.05, 3.63) is 23.2 Å². The molecular weight excluding hydrogens is 220 g/mol.